The van der Waals surface area contributed by atoms with Crippen LogP contribution in [0.2, 0.25) is 0 Å². The molecule has 0 aromatic rings. The lowest BCUT2D eigenvalue weighted by atomic mass is 10.8. The van der Waals surface area contributed by atoms with E-state index in [4.69, 9.17) is 5.73 Å². The van der Waals surface area contributed by atoms with E-state index in [0.29, 0.717) is 0 Å². The van der Waals surface area contributed by atoms with Crippen molar-refractivity contribution in [3.8, 4) is 0 Å². The number of hydrogen-bond acceptors (Lipinski definition) is 5. The van der Waals surface area contributed by atoms with Crippen molar-refractivity contribution in [3.63, 3.8) is 0 Å². The van der Waals surface area contributed by atoms with Crippen LogP contribution in [0.3, 0.4) is 0 Å². The van der Waals surface area contributed by atoms with Gasteiger partial charge in [-0.15, -0.1) is 0 Å². The molecule has 0 aromatic heterocycles. The van der Waals surface area contributed by atoms with Gasteiger partial charge in [-0.1, -0.05) is 6.58 Å². The molecule has 1 atom stereocenters. The molecule has 3 N–H and O–H groups in total. The van der Waals surface area contributed by atoms with Crippen LogP contribution < -0.4 is 11.2 Å². The molecule has 0 amide bonds. The molecular formula is C4H7N4O2S-. The van der Waals surface area contributed by atoms with E-state index in [-0.39, 0.29) is 5.82 Å². The third kappa shape index (κ3) is 8.79. The number of nitrogens with two attached hydrogens (primary N) is 1. The zero-order valence-corrected chi connectivity index (χ0v) is 6.37. The van der Waals surface area contributed by atoms with E-state index in [0.717, 1.165) is 12.4 Å². The molecule has 0 aliphatic carbocycles. The van der Waals surface area contributed by atoms with Crippen LogP contribution in [-0.2, 0) is 11.3 Å². The zero-order chi connectivity index (χ0) is 8.69. The van der Waals surface area contributed by atoms with E-state index < -0.39 is 11.3 Å². The summed E-state index contributed by atoms with van der Waals surface area (Å²) >= 11 is -2.43. The Hall–Kier alpha value is -1.21. The Balaban J connectivity index is 3.60. The fraction of sp³-hybridized carbons (Fsp3) is 0. The lowest BCUT2D eigenvalue weighted by Gasteiger charge is -1.93. The van der Waals surface area contributed by atoms with Crippen LogP contribution in [0.5, 0.6) is 0 Å². The van der Waals surface area contributed by atoms with Gasteiger partial charge in [0.05, 0.1) is 23.7 Å². The van der Waals surface area contributed by atoms with Gasteiger partial charge in [-0.2, -0.15) is 5.10 Å². The largest absolute Gasteiger partial charge is 0.754 e. The molecule has 0 aliphatic heterocycles. The summed E-state index contributed by atoms with van der Waals surface area (Å²) in [6, 6.07) is 0. The molecule has 0 saturated carbocycles. The number of hydrogen-bond donors (Lipinski definition) is 2. The molecule has 0 radical (unpaired) electrons. The summed E-state index contributed by atoms with van der Waals surface area (Å²) in [6.07, 6.45) is 2.13. The van der Waals surface area contributed by atoms with Crippen molar-refractivity contribution in [2.45, 2.75) is 0 Å². The summed E-state index contributed by atoms with van der Waals surface area (Å²) in [5.41, 5.74) is 7.33. The first-order chi connectivity index (χ1) is 5.13. The highest BCUT2D eigenvalue weighted by atomic mass is 32.2. The molecule has 0 saturated heterocycles. The maximum absolute atomic E-state index is 9.77. The van der Waals surface area contributed by atoms with E-state index in [1.165, 1.54) is 0 Å². The predicted octanol–water partition coefficient (Wildman–Crippen LogP) is -1.14. The number of nitrogens with zero attached hydrogens (tertiary/aromatic N) is 2. The van der Waals surface area contributed by atoms with Gasteiger partial charge in [0.1, 0.15) is 5.82 Å². The van der Waals surface area contributed by atoms with Gasteiger partial charge in [0, 0.05) is 0 Å². The van der Waals surface area contributed by atoms with E-state index >= 15 is 0 Å². The summed E-state index contributed by atoms with van der Waals surface area (Å²) in [6.45, 7) is 3.27. The van der Waals surface area contributed by atoms with Crippen LogP contribution in [0.1, 0.15) is 0 Å². The van der Waals surface area contributed by atoms with Gasteiger partial charge < -0.3 is 10.3 Å². The van der Waals surface area contributed by atoms with Crippen LogP contribution in [0.15, 0.2) is 21.9 Å². The van der Waals surface area contributed by atoms with E-state index in [2.05, 4.69) is 21.5 Å². The minimum Gasteiger partial charge on any atom is -0.754 e. The van der Waals surface area contributed by atoms with E-state index in [1.54, 1.807) is 0 Å². The molecule has 0 bridgehead atoms. The number of hydrazone groups is 1. The van der Waals surface area contributed by atoms with Crippen molar-refractivity contribution < 1.29 is 8.76 Å². The van der Waals surface area contributed by atoms with Gasteiger partial charge in [-0.25, -0.2) is 4.40 Å². The standard InChI is InChI=1S/C4H8N4O2S/c1-4(5)8-6-2-3-7-11(9)10/h2-3,8H,1,5H2,(H,9,10)/p-1. The molecule has 0 rings (SSSR count). The second-order valence-corrected chi connectivity index (χ2v) is 2.03. The lowest BCUT2D eigenvalue weighted by molar-refractivity contribution is 0.539. The Labute approximate surface area is 66.3 Å². The molecular weight excluding hydrogens is 168 g/mol. The summed E-state index contributed by atoms with van der Waals surface area (Å²) in [7, 11) is 0. The molecule has 6 nitrogen and oxygen atoms in total. The topological polar surface area (TPSA) is 103 Å². The minimum absolute atomic E-state index is 0.165. The molecule has 62 valence electrons. The second kappa shape index (κ2) is 5.57. The highest BCUT2D eigenvalue weighted by molar-refractivity contribution is 7.77. The third-order valence-electron chi connectivity index (χ3n) is 0.496. The first-order valence-corrected chi connectivity index (χ1v) is 3.51. The van der Waals surface area contributed by atoms with Crippen molar-refractivity contribution in [2.75, 3.05) is 0 Å². The molecule has 7 heteroatoms. The van der Waals surface area contributed by atoms with Crippen LogP contribution in [0.25, 0.3) is 0 Å². The zero-order valence-electron chi connectivity index (χ0n) is 5.56. The van der Waals surface area contributed by atoms with Crippen LogP contribution in [0, 0.1) is 0 Å². The van der Waals surface area contributed by atoms with Crippen LogP contribution >= 0.6 is 0 Å². The maximum Gasteiger partial charge on any atom is 0.109 e. The average Bonchev–Trinajstić information content (AvgIpc) is 1.85. The quantitative estimate of drug-likeness (QED) is 0.320. The lowest BCUT2D eigenvalue weighted by Crippen LogP contribution is -2.12. The Kier molecular flexibility index (Phi) is 4.95. The summed E-state index contributed by atoms with van der Waals surface area (Å²) in [5.74, 6) is 0.165. The Morgan fingerprint density at radius 2 is 2.36 bits per heavy atom. The number of nitrogens with one attached hydrogen (secondary N) is 1. The molecule has 0 heterocycles. The maximum atomic E-state index is 9.77. The van der Waals surface area contributed by atoms with E-state index in [9.17, 15) is 8.76 Å². The van der Waals surface area contributed by atoms with Crippen molar-refractivity contribution >= 4 is 23.7 Å². The Morgan fingerprint density at radius 1 is 1.73 bits per heavy atom. The van der Waals surface area contributed by atoms with Gasteiger partial charge in [-0.05, 0) is 0 Å². The monoisotopic (exact) mass is 175 g/mol. The van der Waals surface area contributed by atoms with Crippen molar-refractivity contribution in [1.82, 2.24) is 5.43 Å². The fourth-order valence-corrected chi connectivity index (χ4v) is 0.384. The van der Waals surface area contributed by atoms with Gasteiger partial charge in [0.15, 0.2) is 0 Å². The van der Waals surface area contributed by atoms with Crippen molar-refractivity contribution in [1.29, 1.82) is 0 Å². The summed E-state index contributed by atoms with van der Waals surface area (Å²) < 4.78 is 22.5. The molecule has 0 fully saturated rings. The first-order valence-electron chi connectivity index (χ1n) is 2.48. The second-order valence-electron chi connectivity index (χ2n) is 1.39. The molecule has 11 heavy (non-hydrogen) atoms. The van der Waals surface area contributed by atoms with Gasteiger partial charge >= 0.3 is 0 Å². The van der Waals surface area contributed by atoms with Crippen molar-refractivity contribution in [2.24, 2.45) is 15.2 Å². The molecule has 0 aliphatic rings. The van der Waals surface area contributed by atoms with Gasteiger partial charge in [0.25, 0.3) is 0 Å². The predicted molar refractivity (Wildman–Crippen MR) is 42.4 cm³/mol. The summed E-state index contributed by atoms with van der Waals surface area (Å²) in [5, 5.41) is 3.42. The minimum atomic E-state index is -2.43. The van der Waals surface area contributed by atoms with Crippen molar-refractivity contribution in [3.05, 3.63) is 12.4 Å². The highest BCUT2D eigenvalue weighted by Crippen LogP contribution is 1.69. The van der Waals surface area contributed by atoms with Crippen LogP contribution in [0.4, 0.5) is 0 Å². The SMILES string of the molecule is C=C(N)NN=CC=NS(=O)[O-]. The van der Waals surface area contributed by atoms with Gasteiger partial charge in [-0.3, -0.25) is 9.63 Å². The van der Waals surface area contributed by atoms with Gasteiger partial charge in [0.2, 0.25) is 0 Å². The molecule has 1 unspecified atom stereocenters. The molecule has 0 spiro atoms. The number of rotatable bonds is 4. The fourth-order valence-electron chi connectivity index (χ4n) is 0.230. The molecule has 0 aromatic carbocycles. The Morgan fingerprint density at radius 3 is 2.82 bits per heavy atom. The Bertz CT molecular complexity index is 212. The first kappa shape index (κ1) is 9.79. The van der Waals surface area contributed by atoms with Crippen LogP contribution in [-0.4, -0.2) is 21.2 Å². The third-order valence-corrected chi connectivity index (χ3v) is 0.790. The normalized spacial score (nSPS) is 13.9. The summed E-state index contributed by atoms with van der Waals surface area (Å²) in [4.78, 5) is 0. The highest BCUT2D eigenvalue weighted by Gasteiger charge is 1.72. The average molecular weight is 175 g/mol. The van der Waals surface area contributed by atoms with E-state index in [1.807, 2.05) is 0 Å². The smallest absolute Gasteiger partial charge is 0.109 e.